The molecule has 1 aromatic rings. The second kappa shape index (κ2) is 10.3. The summed E-state index contributed by atoms with van der Waals surface area (Å²) in [6.07, 6.45) is 2.74. The molecule has 174 valence electrons. The minimum absolute atomic E-state index is 0.0186. The van der Waals surface area contributed by atoms with Crippen LogP contribution in [0.25, 0.3) is 0 Å². The number of ether oxygens (including phenoxy) is 1. The summed E-state index contributed by atoms with van der Waals surface area (Å²) in [5, 5.41) is 5.75. The highest BCUT2D eigenvalue weighted by molar-refractivity contribution is 6.06. The van der Waals surface area contributed by atoms with Gasteiger partial charge in [0, 0.05) is 51.8 Å². The summed E-state index contributed by atoms with van der Waals surface area (Å²) in [7, 11) is 0. The van der Waals surface area contributed by atoms with Crippen molar-refractivity contribution in [2.24, 2.45) is 5.92 Å². The smallest absolute Gasteiger partial charge is 0.328 e. The molecule has 0 bridgehead atoms. The van der Waals surface area contributed by atoms with Crippen LogP contribution in [-0.2, 0) is 9.59 Å². The van der Waals surface area contributed by atoms with E-state index in [1.54, 1.807) is 12.1 Å². The molecule has 0 aliphatic carbocycles. The lowest BCUT2D eigenvalue weighted by atomic mass is 9.97. The van der Waals surface area contributed by atoms with Crippen LogP contribution in [0.2, 0.25) is 0 Å². The molecule has 3 heterocycles. The van der Waals surface area contributed by atoms with Gasteiger partial charge in [0.15, 0.2) is 6.61 Å². The topological polar surface area (TPSA) is 94.2 Å². The molecule has 9 nitrogen and oxygen atoms in total. The molecule has 9 heteroatoms. The normalized spacial score (nSPS) is 20.9. The van der Waals surface area contributed by atoms with E-state index in [1.165, 1.54) is 17.7 Å². The standard InChI is InChI=1S/C23H33N5O4/c1-17-2-3-19(14-20(17)28-9-6-21(29)25-23(28)31)32-16-22(30)27-12-10-26(11-13-27)15-18-4-7-24-8-5-18/h2-3,14,18,24H,4-13,15-16H2,1H3,(H,25,29,31). The van der Waals surface area contributed by atoms with E-state index in [0.717, 1.165) is 57.3 Å². The van der Waals surface area contributed by atoms with Crippen molar-refractivity contribution in [3.63, 3.8) is 0 Å². The molecule has 0 aromatic heterocycles. The third kappa shape index (κ3) is 5.58. The van der Waals surface area contributed by atoms with E-state index in [1.807, 2.05) is 17.9 Å². The van der Waals surface area contributed by atoms with E-state index in [4.69, 9.17) is 4.74 Å². The first-order valence-electron chi connectivity index (χ1n) is 11.6. The number of aryl methyl sites for hydroxylation is 1. The molecule has 2 N–H and O–H groups in total. The number of carbonyl (C=O) groups excluding carboxylic acids is 3. The van der Waals surface area contributed by atoms with Gasteiger partial charge in [0.1, 0.15) is 5.75 Å². The van der Waals surface area contributed by atoms with Gasteiger partial charge in [-0.15, -0.1) is 0 Å². The molecule has 32 heavy (non-hydrogen) atoms. The number of nitrogens with one attached hydrogen (secondary N) is 2. The fraction of sp³-hybridized carbons (Fsp3) is 0.609. The van der Waals surface area contributed by atoms with Crippen LogP contribution >= 0.6 is 0 Å². The van der Waals surface area contributed by atoms with Crippen LogP contribution < -0.4 is 20.3 Å². The minimum atomic E-state index is -0.431. The van der Waals surface area contributed by atoms with Gasteiger partial charge in [0.25, 0.3) is 5.91 Å². The van der Waals surface area contributed by atoms with Crippen LogP contribution in [0.3, 0.4) is 0 Å². The Bertz CT molecular complexity index is 847. The highest BCUT2D eigenvalue weighted by Crippen LogP contribution is 2.27. The van der Waals surface area contributed by atoms with Gasteiger partial charge < -0.3 is 15.0 Å². The number of anilines is 1. The van der Waals surface area contributed by atoms with Crippen LogP contribution in [0.1, 0.15) is 24.8 Å². The van der Waals surface area contributed by atoms with Crippen molar-refractivity contribution in [2.45, 2.75) is 26.2 Å². The zero-order valence-electron chi connectivity index (χ0n) is 18.8. The minimum Gasteiger partial charge on any atom is -0.484 e. The Morgan fingerprint density at radius 1 is 1.09 bits per heavy atom. The van der Waals surface area contributed by atoms with E-state index < -0.39 is 6.03 Å². The number of carbonyl (C=O) groups is 3. The fourth-order valence-corrected chi connectivity index (χ4v) is 4.61. The number of piperazine rings is 1. The molecule has 1 aromatic carbocycles. The third-order valence-corrected chi connectivity index (χ3v) is 6.59. The fourth-order valence-electron chi connectivity index (χ4n) is 4.61. The van der Waals surface area contributed by atoms with Crippen LogP contribution in [0.5, 0.6) is 5.75 Å². The number of piperidine rings is 1. The Morgan fingerprint density at radius 2 is 1.84 bits per heavy atom. The highest BCUT2D eigenvalue weighted by atomic mass is 16.5. The Kier molecular flexibility index (Phi) is 7.26. The van der Waals surface area contributed by atoms with Gasteiger partial charge in [-0.2, -0.15) is 0 Å². The molecule has 3 fully saturated rings. The van der Waals surface area contributed by atoms with Gasteiger partial charge in [-0.3, -0.25) is 24.7 Å². The summed E-state index contributed by atoms with van der Waals surface area (Å²) < 4.78 is 5.78. The summed E-state index contributed by atoms with van der Waals surface area (Å²) >= 11 is 0. The highest BCUT2D eigenvalue weighted by Gasteiger charge is 2.26. The molecule has 3 aliphatic rings. The number of urea groups is 1. The molecule has 4 amide bonds. The Balaban J connectivity index is 1.26. The van der Waals surface area contributed by atoms with Crippen molar-refractivity contribution < 1.29 is 19.1 Å². The van der Waals surface area contributed by atoms with Crippen molar-refractivity contribution in [1.29, 1.82) is 0 Å². The second-order valence-electron chi connectivity index (χ2n) is 8.87. The number of nitrogens with zero attached hydrogens (tertiary/aromatic N) is 3. The monoisotopic (exact) mass is 443 g/mol. The van der Waals surface area contributed by atoms with Crippen molar-refractivity contribution >= 4 is 23.5 Å². The number of imide groups is 1. The predicted molar refractivity (Wildman–Crippen MR) is 121 cm³/mol. The third-order valence-electron chi connectivity index (χ3n) is 6.59. The summed E-state index contributed by atoms with van der Waals surface area (Å²) in [5.41, 5.74) is 1.59. The second-order valence-corrected chi connectivity index (χ2v) is 8.87. The number of amides is 4. The van der Waals surface area contributed by atoms with Crippen LogP contribution in [0, 0.1) is 12.8 Å². The van der Waals surface area contributed by atoms with Crippen LogP contribution in [0.15, 0.2) is 18.2 Å². The number of hydrogen-bond donors (Lipinski definition) is 2. The quantitative estimate of drug-likeness (QED) is 0.680. The van der Waals surface area contributed by atoms with Gasteiger partial charge in [-0.25, -0.2) is 4.79 Å². The van der Waals surface area contributed by atoms with Gasteiger partial charge in [-0.05, 0) is 50.4 Å². The largest absolute Gasteiger partial charge is 0.484 e. The summed E-state index contributed by atoms with van der Waals surface area (Å²) in [5.74, 6) is 1.01. The summed E-state index contributed by atoms with van der Waals surface area (Å²) in [4.78, 5) is 42.2. The zero-order chi connectivity index (χ0) is 22.5. The average Bonchev–Trinajstić information content (AvgIpc) is 2.80. The molecule has 4 rings (SSSR count). The summed E-state index contributed by atoms with van der Waals surface area (Å²) in [6, 6.07) is 4.99. The van der Waals surface area contributed by atoms with Gasteiger partial charge in [0.05, 0.1) is 5.69 Å². The van der Waals surface area contributed by atoms with E-state index in [2.05, 4.69) is 15.5 Å². The Labute approximate surface area is 189 Å². The van der Waals surface area contributed by atoms with Crippen molar-refractivity contribution in [3.05, 3.63) is 23.8 Å². The molecule has 0 unspecified atom stereocenters. The average molecular weight is 444 g/mol. The first-order chi connectivity index (χ1) is 15.5. The van der Waals surface area contributed by atoms with Gasteiger partial charge in [0.2, 0.25) is 5.91 Å². The molecule has 0 spiro atoms. The summed E-state index contributed by atoms with van der Waals surface area (Å²) in [6.45, 7) is 8.84. The maximum atomic E-state index is 12.7. The lowest BCUT2D eigenvalue weighted by Crippen LogP contribution is -2.51. The van der Waals surface area contributed by atoms with Gasteiger partial charge in [-0.1, -0.05) is 6.07 Å². The first kappa shape index (κ1) is 22.5. The van der Waals surface area contributed by atoms with E-state index in [9.17, 15) is 14.4 Å². The molecule has 0 atom stereocenters. The lowest BCUT2D eigenvalue weighted by molar-refractivity contribution is -0.135. The van der Waals surface area contributed by atoms with Gasteiger partial charge >= 0.3 is 6.03 Å². The molecular weight excluding hydrogens is 410 g/mol. The zero-order valence-corrected chi connectivity index (χ0v) is 18.8. The van der Waals surface area contributed by atoms with Crippen molar-refractivity contribution in [3.8, 4) is 5.75 Å². The SMILES string of the molecule is Cc1ccc(OCC(=O)N2CCN(CC3CCNCC3)CC2)cc1N1CCC(=O)NC1=O. The number of rotatable bonds is 6. The molecule has 3 aliphatic heterocycles. The Hall–Kier alpha value is -2.65. The van der Waals surface area contributed by atoms with Crippen LogP contribution in [-0.4, -0.2) is 86.6 Å². The van der Waals surface area contributed by atoms with E-state index in [-0.39, 0.29) is 24.8 Å². The van der Waals surface area contributed by atoms with Crippen molar-refractivity contribution in [2.75, 3.05) is 63.9 Å². The number of hydrogen-bond acceptors (Lipinski definition) is 6. The molecular formula is C23H33N5O4. The van der Waals surface area contributed by atoms with E-state index >= 15 is 0 Å². The molecule has 0 radical (unpaired) electrons. The maximum absolute atomic E-state index is 12.7. The predicted octanol–water partition coefficient (Wildman–Crippen LogP) is 0.964. The maximum Gasteiger partial charge on any atom is 0.328 e. The Morgan fingerprint density at radius 3 is 2.56 bits per heavy atom. The van der Waals surface area contributed by atoms with Crippen molar-refractivity contribution in [1.82, 2.24) is 20.4 Å². The van der Waals surface area contributed by atoms with Crippen LogP contribution in [0.4, 0.5) is 10.5 Å². The molecule has 0 saturated carbocycles. The molecule has 3 saturated heterocycles. The first-order valence-corrected chi connectivity index (χ1v) is 11.6. The lowest BCUT2D eigenvalue weighted by Gasteiger charge is -2.37. The van der Waals surface area contributed by atoms with E-state index in [0.29, 0.717) is 18.0 Å². The number of benzene rings is 1.